The highest BCUT2D eigenvalue weighted by Crippen LogP contribution is 2.33. The zero-order chi connectivity index (χ0) is 18.1. The van der Waals surface area contributed by atoms with Gasteiger partial charge in [0.05, 0.1) is 24.8 Å². The molecule has 1 saturated heterocycles. The predicted octanol–water partition coefficient (Wildman–Crippen LogP) is 1.79. The highest BCUT2D eigenvalue weighted by atomic mass is 19.1. The molecule has 2 aromatic heterocycles. The highest BCUT2D eigenvalue weighted by molar-refractivity contribution is 5.79. The van der Waals surface area contributed by atoms with Crippen LogP contribution >= 0.6 is 0 Å². The molecule has 0 spiro atoms. The van der Waals surface area contributed by atoms with Crippen LogP contribution in [-0.2, 0) is 16.0 Å². The van der Waals surface area contributed by atoms with E-state index in [1.807, 2.05) is 4.40 Å². The number of ether oxygens (including phenoxy) is 1. The normalized spacial score (nSPS) is 20.0. The van der Waals surface area contributed by atoms with E-state index in [4.69, 9.17) is 4.74 Å². The van der Waals surface area contributed by atoms with E-state index in [9.17, 15) is 9.18 Å². The number of methoxy groups -OCH3 is 1. The molecule has 8 heteroatoms. The summed E-state index contributed by atoms with van der Waals surface area (Å²) in [4.78, 5) is 18.7. The molecule has 0 N–H and O–H groups in total. The van der Waals surface area contributed by atoms with Crippen LogP contribution in [-0.4, -0.2) is 50.1 Å². The second kappa shape index (κ2) is 6.80. The number of carbonyl (C=O) groups is 1. The minimum atomic E-state index is -0.348. The highest BCUT2D eigenvalue weighted by Gasteiger charge is 2.38. The molecular weight excluding hydrogens is 337 g/mol. The summed E-state index contributed by atoms with van der Waals surface area (Å²) in [5.74, 6) is 0.236. The van der Waals surface area contributed by atoms with Crippen molar-refractivity contribution in [3.05, 3.63) is 60.1 Å². The van der Waals surface area contributed by atoms with Crippen LogP contribution < -0.4 is 0 Å². The van der Waals surface area contributed by atoms with Gasteiger partial charge in [0.15, 0.2) is 11.5 Å². The number of aromatic nitrogens is 4. The van der Waals surface area contributed by atoms with Gasteiger partial charge in [0.1, 0.15) is 5.82 Å². The minimum Gasteiger partial charge on any atom is -0.380 e. The fourth-order valence-electron chi connectivity index (χ4n) is 3.41. The number of benzene rings is 1. The van der Waals surface area contributed by atoms with Crippen molar-refractivity contribution in [2.45, 2.75) is 25.0 Å². The molecule has 3 aromatic rings. The fraction of sp³-hybridized carbons (Fsp3) is 0.333. The first kappa shape index (κ1) is 16.6. The Morgan fingerprint density at radius 2 is 2.27 bits per heavy atom. The van der Waals surface area contributed by atoms with Crippen molar-refractivity contribution in [3.8, 4) is 0 Å². The lowest BCUT2D eigenvalue weighted by atomic mass is 10.1. The van der Waals surface area contributed by atoms with Gasteiger partial charge >= 0.3 is 0 Å². The van der Waals surface area contributed by atoms with Crippen LogP contribution in [0.3, 0.4) is 0 Å². The van der Waals surface area contributed by atoms with Crippen molar-refractivity contribution in [3.63, 3.8) is 0 Å². The Bertz CT molecular complexity index is 944. The van der Waals surface area contributed by atoms with E-state index < -0.39 is 0 Å². The van der Waals surface area contributed by atoms with Gasteiger partial charge in [0.25, 0.3) is 0 Å². The standard InChI is InChI=1S/C18H18FN5O2/c1-26-14-9-15(18-22-21-16-10-20-5-6-23(16)18)24(11-14)17(25)8-12-3-2-4-13(19)7-12/h2-7,10,14-15H,8-9,11H2,1H3/t14-,15+/m1/s1. The van der Waals surface area contributed by atoms with Crippen molar-refractivity contribution in [2.75, 3.05) is 13.7 Å². The van der Waals surface area contributed by atoms with Crippen molar-refractivity contribution in [2.24, 2.45) is 0 Å². The largest absolute Gasteiger partial charge is 0.380 e. The zero-order valence-corrected chi connectivity index (χ0v) is 14.2. The fourth-order valence-corrected chi connectivity index (χ4v) is 3.41. The van der Waals surface area contributed by atoms with Crippen LogP contribution in [0.4, 0.5) is 4.39 Å². The Hall–Kier alpha value is -2.87. The topological polar surface area (TPSA) is 72.6 Å². The number of likely N-dealkylation sites (tertiary alicyclic amines) is 1. The summed E-state index contributed by atoms with van der Waals surface area (Å²) in [5, 5.41) is 8.39. The molecule has 0 bridgehead atoms. The number of amides is 1. The number of halogens is 1. The third-order valence-corrected chi connectivity index (χ3v) is 4.70. The first-order chi connectivity index (χ1) is 12.7. The van der Waals surface area contributed by atoms with Crippen LogP contribution in [0.15, 0.2) is 42.9 Å². The molecule has 3 heterocycles. The smallest absolute Gasteiger partial charge is 0.227 e. The Morgan fingerprint density at radius 3 is 3.08 bits per heavy atom. The number of fused-ring (bicyclic) bond motifs is 1. The lowest BCUT2D eigenvalue weighted by Crippen LogP contribution is -2.34. The molecule has 1 fully saturated rings. The Morgan fingerprint density at radius 1 is 1.38 bits per heavy atom. The van der Waals surface area contributed by atoms with Crippen LogP contribution in [0.2, 0.25) is 0 Å². The van der Waals surface area contributed by atoms with E-state index in [0.29, 0.717) is 30.0 Å². The van der Waals surface area contributed by atoms with E-state index in [-0.39, 0.29) is 30.3 Å². The molecule has 2 atom stereocenters. The maximum absolute atomic E-state index is 13.4. The molecule has 1 aromatic carbocycles. The lowest BCUT2D eigenvalue weighted by molar-refractivity contribution is -0.131. The molecule has 0 unspecified atom stereocenters. The third-order valence-electron chi connectivity index (χ3n) is 4.70. The molecule has 26 heavy (non-hydrogen) atoms. The van der Waals surface area contributed by atoms with Crippen molar-refractivity contribution < 1.29 is 13.9 Å². The summed E-state index contributed by atoms with van der Waals surface area (Å²) in [7, 11) is 1.63. The SMILES string of the molecule is CO[C@@H]1C[C@@H](c2nnc3cnccn23)N(C(=O)Cc2cccc(F)c2)C1. The van der Waals surface area contributed by atoms with Crippen molar-refractivity contribution >= 4 is 11.6 Å². The van der Waals surface area contributed by atoms with Crippen LogP contribution in [0.25, 0.3) is 5.65 Å². The van der Waals surface area contributed by atoms with Gasteiger partial charge in [-0.15, -0.1) is 10.2 Å². The van der Waals surface area contributed by atoms with Crippen LogP contribution in [0.5, 0.6) is 0 Å². The molecule has 1 amide bonds. The van der Waals surface area contributed by atoms with Gasteiger partial charge in [-0.1, -0.05) is 12.1 Å². The maximum Gasteiger partial charge on any atom is 0.227 e. The summed E-state index contributed by atoms with van der Waals surface area (Å²) in [5.41, 5.74) is 1.27. The van der Waals surface area contributed by atoms with Gasteiger partial charge in [-0.25, -0.2) is 4.39 Å². The van der Waals surface area contributed by atoms with Crippen LogP contribution in [0, 0.1) is 5.82 Å². The predicted molar refractivity (Wildman–Crippen MR) is 90.8 cm³/mol. The quantitative estimate of drug-likeness (QED) is 0.713. The van der Waals surface area contributed by atoms with E-state index in [2.05, 4.69) is 15.2 Å². The summed E-state index contributed by atoms with van der Waals surface area (Å²) in [6.45, 7) is 0.468. The first-order valence-corrected chi connectivity index (χ1v) is 8.37. The summed E-state index contributed by atoms with van der Waals surface area (Å²) >= 11 is 0. The third kappa shape index (κ3) is 3.03. The average Bonchev–Trinajstić information content (AvgIpc) is 3.25. The second-order valence-electron chi connectivity index (χ2n) is 6.32. The van der Waals surface area contributed by atoms with E-state index in [0.717, 1.165) is 0 Å². The summed E-state index contributed by atoms with van der Waals surface area (Å²) < 4.78 is 20.7. The lowest BCUT2D eigenvalue weighted by Gasteiger charge is -2.23. The number of rotatable bonds is 4. The van der Waals surface area contributed by atoms with Crippen molar-refractivity contribution in [1.82, 2.24) is 24.5 Å². The van der Waals surface area contributed by atoms with E-state index in [1.54, 1.807) is 42.7 Å². The Balaban J connectivity index is 1.63. The van der Waals surface area contributed by atoms with Crippen molar-refractivity contribution in [1.29, 1.82) is 0 Å². The molecule has 1 aliphatic heterocycles. The maximum atomic E-state index is 13.4. The Labute approximate surface area is 149 Å². The van der Waals surface area contributed by atoms with Gasteiger partial charge in [0, 0.05) is 32.5 Å². The molecule has 134 valence electrons. The van der Waals surface area contributed by atoms with Gasteiger partial charge < -0.3 is 9.64 Å². The monoisotopic (exact) mass is 355 g/mol. The van der Waals surface area contributed by atoms with Gasteiger partial charge in [-0.05, 0) is 17.7 Å². The number of hydrogen-bond donors (Lipinski definition) is 0. The molecule has 0 saturated carbocycles. The van der Waals surface area contributed by atoms with E-state index >= 15 is 0 Å². The molecule has 0 radical (unpaired) electrons. The average molecular weight is 355 g/mol. The summed E-state index contributed by atoms with van der Waals surface area (Å²) in [6, 6.07) is 5.85. The van der Waals surface area contributed by atoms with Gasteiger partial charge in [0.2, 0.25) is 5.91 Å². The molecule has 1 aliphatic rings. The summed E-state index contributed by atoms with van der Waals surface area (Å²) in [6.07, 6.45) is 5.74. The molecule has 7 nitrogen and oxygen atoms in total. The van der Waals surface area contributed by atoms with Gasteiger partial charge in [-0.2, -0.15) is 0 Å². The second-order valence-corrected chi connectivity index (χ2v) is 6.32. The molecule has 0 aliphatic carbocycles. The Kier molecular flexibility index (Phi) is 4.34. The minimum absolute atomic E-state index is 0.0781. The van der Waals surface area contributed by atoms with E-state index in [1.165, 1.54) is 12.1 Å². The number of hydrogen-bond acceptors (Lipinski definition) is 5. The molecular formula is C18H18FN5O2. The number of carbonyl (C=O) groups excluding carboxylic acids is 1. The van der Waals surface area contributed by atoms with Crippen LogP contribution in [0.1, 0.15) is 23.9 Å². The van der Waals surface area contributed by atoms with Gasteiger partial charge in [-0.3, -0.25) is 14.2 Å². The molecule has 4 rings (SSSR count). The zero-order valence-electron chi connectivity index (χ0n) is 14.2. The first-order valence-electron chi connectivity index (χ1n) is 8.37. The number of nitrogens with zero attached hydrogens (tertiary/aromatic N) is 5.